The van der Waals surface area contributed by atoms with Crippen molar-refractivity contribution < 1.29 is 4.52 Å². The lowest BCUT2D eigenvalue weighted by Crippen LogP contribution is -2.30. The van der Waals surface area contributed by atoms with E-state index in [1.165, 1.54) is 5.56 Å². The molecular weight excluding hydrogens is 330 g/mol. The van der Waals surface area contributed by atoms with Gasteiger partial charge in [0.1, 0.15) is 0 Å². The van der Waals surface area contributed by atoms with Gasteiger partial charge in [0.2, 0.25) is 5.89 Å². The molecular formula is C16H22BrN3O. The highest BCUT2D eigenvalue weighted by Crippen LogP contribution is 2.14. The van der Waals surface area contributed by atoms with Crippen LogP contribution in [0.4, 0.5) is 0 Å². The highest BCUT2D eigenvalue weighted by Gasteiger charge is 2.13. The Bertz CT molecular complexity index is 550. The van der Waals surface area contributed by atoms with Crippen molar-refractivity contribution in [2.75, 3.05) is 6.54 Å². The Labute approximate surface area is 134 Å². The first-order valence-corrected chi connectivity index (χ1v) is 8.29. The quantitative estimate of drug-likeness (QED) is 0.786. The smallest absolute Gasteiger partial charge is 0.228 e. The van der Waals surface area contributed by atoms with Crippen molar-refractivity contribution in [2.45, 2.75) is 45.6 Å². The molecule has 2 aromatic rings. The van der Waals surface area contributed by atoms with Crippen molar-refractivity contribution in [1.29, 1.82) is 0 Å². The van der Waals surface area contributed by atoms with Gasteiger partial charge in [0.05, 0.1) is 0 Å². The molecule has 21 heavy (non-hydrogen) atoms. The van der Waals surface area contributed by atoms with E-state index < -0.39 is 0 Å². The van der Waals surface area contributed by atoms with Crippen LogP contribution in [0.5, 0.6) is 0 Å². The van der Waals surface area contributed by atoms with Crippen molar-refractivity contribution in [3.05, 3.63) is 46.0 Å². The van der Waals surface area contributed by atoms with Gasteiger partial charge in [-0.2, -0.15) is 4.98 Å². The van der Waals surface area contributed by atoms with Gasteiger partial charge in [-0.15, -0.1) is 0 Å². The molecule has 0 saturated heterocycles. The minimum absolute atomic E-state index is 0.416. The summed E-state index contributed by atoms with van der Waals surface area (Å²) in [6, 6.07) is 8.59. The molecule has 1 N–H and O–H groups in total. The van der Waals surface area contributed by atoms with Crippen LogP contribution in [0.3, 0.4) is 0 Å². The van der Waals surface area contributed by atoms with Crippen LogP contribution in [0.1, 0.15) is 44.0 Å². The van der Waals surface area contributed by atoms with Crippen LogP contribution < -0.4 is 5.32 Å². The third kappa shape index (κ3) is 5.25. The van der Waals surface area contributed by atoms with Crippen LogP contribution in [-0.2, 0) is 12.8 Å². The molecule has 0 aliphatic carbocycles. The zero-order valence-electron chi connectivity index (χ0n) is 12.6. The van der Waals surface area contributed by atoms with E-state index in [1.54, 1.807) is 0 Å². The topological polar surface area (TPSA) is 51.0 Å². The van der Waals surface area contributed by atoms with Crippen LogP contribution in [0.25, 0.3) is 0 Å². The summed E-state index contributed by atoms with van der Waals surface area (Å²) in [5.74, 6) is 1.47. The van der Waals surface area contributed by atoms with Gasteiger partial charge in [-0.1, -0.05) is 53.5 Å². The van der Waals surface area contributed by atoms with Gasteiger partial charge in [-0.3, -0.25) is 0 Å². The Balaban J connectivity index is 1.97. The molecule has 0 spiro atoms. The summed E-state index contributed by atoms with van der Waals surface area (Å²) in [7, 11) is 0. The maximum absolute atomic E-state index is 5.38. The summed E-state index contributed by atoms with van der Waals surface area (Å²) in [5.41, 5.74) is 1.17. The molecule has 0 fully saturated rings. The average molecular weight is 352 g/mol. The fourth-order valence-electron chi connectivity index (χ4n) is 2.40. The molecule has 0 bridgehead atoms. The molecule has 0 radical (unpaired) electrons. The second-order valence-electron chi connectivity index (χ2n) is 5.16. The van der Waals surface area contributed by atoms with E-state index >= 15 is 0 Å². The minimum Gasteiger partial charge on any atom is -0.339 e. The first kappa shape index (κ1) is 16.2. The lowest BCUT2D eigenvalue weighted by molar-refractivity contribution is 0.349. The zero-order valence-corrected chi connectivity index (χ0v) is 14.2. The molecule has 0 aliphatic heterocycles. The fraction of sp³-hybridized carbons (Fsp3) is 0.500. The number of hydrogen-bond donors (Lipinski definition) is 1. The second kappa shape index (κ2) is 8.29. The van der Waals surface area contributed by atoms with Crippen molar-refractivity contribution in [3.63, 3.8) is 0 Å². The van der Waals surface area contributed by atoms with E-state index in [2.05, 4.69) is 57.4 Å². The number of benzene rings is 1. The van der Waals surface area contributed by atoms with E-state index in [-0.39, 0.29) is 0 Å². The highest BCUT2D eigenvalue weighted by molar-refractivity contribution is 9.10. The van der Waals surface area contributed by atoms with Crippen molar-refractivity contribution in [1.82, 2.24) is 15.5 Å². The van der Waals surface area contributed by atoms with E-state index in [1.807, 2.05) is 12.1 Å². The van der Waals surface area contributed by atoms with E-state index in [0.717, 1.165) is 42.0 Å². The van der Waals surface area contributed by atoms with Crippen LogP contribution in [0.2, 0.25) is 0 Å². The van der Waals surface area contributed by atoms with Gasteiger partial charge >= 0.3 is 0 Å². The molecule has 114 valence electrons. The van der Waals surface area contributed by atoms with Gasteiger partial charge in [0, 0.05) is 23.4 Å². The molecule has 1 unspecified atom stereocenters. The largest absolute Gasteiger partial charge is 0.339 e. The molecule has 1 atom stereocenters. The lowest BCUT2D eigenvalue weighted by Gasteiger charge is -2.14. The summed E-state index contributed by atoms with van der Waals surface area (Å²) in [6.07, 6.45) is 3.77. The third-order valence-corrected chi connectivity index (χ3v) is 3.81. The molecule has 2 rings (SSSR count). The number of rotatable bonds is 8. The maximum atomic E-state index is 5.38. The van der Waals surface area contributed by atoms with E-state index in [9.17, 15) is 0 Å². The maximum Gasteiger partial charge on any atom is 0.228 e. The number of hydrogen-bond acceptors (Lipinski definition) is 4. The highest BCUT2D eigenvalue weighted by atomic mass is 79.9. The molecule has 1 heterocycles. The Hall–Kier alpha value is -1.20. The SMILES string of the molecule is CCCC(Cc1nc(Cc2cccc(Br)c2)no1)NCC. The molecule has 0 amide bonds. The molecule has 4 nitrogen and oxygen atoms in total. The summed E-state index contributed by atoms with van der Waals surface area (Å²) < 4.78 is 6.45. The molecule has 0 aliphatic rings. The monoisotopic (exact) mass is 351 g/mol. The van der Waals surface area contributed by atoms with Crippen LogP contribution in [0.15, 0.2) is 33.3 Å². The van der Waals surface area contributed by atoms with Crippen molar-refractivity contribution in [2.24, 2.45) is 0 Å². The van der Waals surface area contributed by atoms with Crippen LogP contribution in [0, 0.1) is 0 Å². The fourth-order valence-corrected chi connectivity index (χ4v) is 2.85. The second-order valence-corrected chi connectivity index (χ2v) is 6.07. The predicted octanol–water partition coefficient (Wildman–Crippen LogP) is 3.74. The van der Waals surface area contributed by atoms with Gasteiger partial charge in [-0.25, -0.2) is 0 Å². The van der Waals surface area contributed by atoms with Gasteiger partial charge in [0.15, 0.2) is 5.82 Å². The summed E-state index contributed by atoms with van der Waals surface area (Å²) in [5, 5.41) is 7.55. The minimum atomic E-state index is 0.416. The predicted molar refractivity (Wildman–Crippen MR) is 87.3 cm³/mol. The molecule has 1 aromatic carbocycles. The first-order valence-electron chi connectivity index (χ1n) is 7.50. The van der Waals surface area contributed by atoms with Crippen LogP contribution in [-0.4, -0.2) is 22.7 Å². The summed E-state index contributed by atoms with van der Waals surface area (Å²) >= 11 is 3.48. The van der Waals surface area contributed by atoms with Gasteiger partial charge in [0.25, 0.3) is 0 Å². The number of halogens is 1. The Morgan fingerprint density at radius 1 is 1.33 bits per heavy atom. The van der Waals surface area contributed by atoms with E-state index in [4.69, 9.17) is 4.52 Å². The first-order chi connectivity index (χ1) is 10.2. The van der Waals surface area contributed by atoms with Gasteiger partial charge in [-0.05, 0) is 30.7 Å². The Kier molecular flexibility index (Phi) is 6.39. The Morgan fingerprint density at radius 2 is 2.19 bits per heavy atom. The standard InChI is InChI=1S/C16H22BrN3O/c1-3-6-14(18-4-2)11-16-19-15(20-21-16)10-12-7-5-8-13(17)9-12/h5,7-9,14,18H,3-4,6,10-11H2,1-2H3. The lowest BCUT2D eigenvalue weighted by atomic mass is 10.1. The van der Waals surface area contributed by atoms with E-state index in [0.29, 0.717) is 12.5 Å². The zero-order chi connectivity index (χ0) is 15.1. The summed E-state index contributed by atoms with van der Waals surface area (Å²) in [4.78, 5) is 4.51. The normalized spacial score (nSPS) is 12.5. The molecule has 1 aromatic heterocycles. The van der Waals surface area contributed by atoms with Crippen LogP contribution >= 0.6 is 15.9 Å². The average Bonchev–Trinajstić information content (AvgIpc) is 2.86. The third-order valence-electron chi connectivity index (χ3n) is 3.31. The Morgan fingerprint density at radius 3 is 2.90 bits per heavy atom. The number of likely N-dealkylation sites (N-methyl/N-ethyl adjacent to an activating group) is 1. The van der Waals surface area contributed by atoms with Crippen molar-refractivity contribution in [3.8, 4) is 0 Å². The molecule has 5 heteroatoms. The number of nitrogens with zero attached hydrogens (tertiary/aromatic N) is 2. The molecule has 0 saturated carbocycles. The number of nitrogens with one attached hydrogen (secondary N) is 1. The summed E-state index contributed by atoms with van der Waals surface area (Å²) in [6.45, 7) is 5.27. The van der Waals surface area contributed by atoms with Crippen molar-refractivity contribution >= 4 is 15.9 Å². The van der Waals surface area contributed by atoms with Gasteiger partial charge < -0.3 is 9.84 Å². The number of aromatic nitrogens is 2.